The van der Waals surface area contributed by atoms with E-state index in [0.717, 1.165) is 24.8 Å². The highest BCUT2D eigenvalue weighted by molar-refractivity contribution is 5.86. The normalized spacial score (nSPS) is 26.3. The molecule has 4 heteroatoms. The van der Waals surface area contributed by atoms with Crippen LogP contribution in [0.2, 0.25) is 0 Å². The lowest BCUT2D eigenvalue weighted by Gasteiger charge is -2.16. The molecule has 4 nitrogen and oxygen atoms in total. The first kappa shape index (κ1) is 10.1. The summed E-state index contributed by atoms with van der Waals surface area (Å²) in [6, 6.07) is -0.816. The first-order valence-corrected chi connectivity index (χ1v) is 5.20. The standard InChI is InChI=1S/C11H14N2O2/c1-13-7-6-8-4-2-3-5-9(8)10(12-15)11(13)14/h3,5,10H,2,4,6-7H2,1H3. The summed E-state index contributed by atoms with van der Waals surface area (Å²) >= 11 is 0. The molecule has 1 amide bonds. The molecule has 1 aliphatic carbocycles. The van der Waals surface area contributed by atoms with Crippen LogP contribution in [0, 0.1) is 4.91 Å². The summed E-state index contributed by atoms with van der Waals surface area (Å²) in [5, 5.41) is 2.97. The minimum absolute atomic E-state index is 0.179. The molecular formula is C11H14N2O2. The van der Waals surface area contributed by atoms with Crippen molar-refractivity contribution in [1.82, 2.24) is 4.90 Å². The molecule has 1 heterocycles. The predicted octanol–water partition coefficient (Wildman–Crippen LogP) is 1.63. The van der Waals surface area contributed by atoms with E-state index >= 15 is 0 Å². The van der Waals surface area contributed by atoms with E-state index in [4.69, 9.17) is 0 Å². The Hall–Kier alpha value is -1.45. The van der Waals surface area contributed by atoms with Crippen LogP contribution in [0.5, 0.6) is 0 Å². The molecule has 1 aliphatic heterocycles. The number of allylic oxidation sites excluding steroid dienone is 1. The maximum Gasteiger partial charge on any atom is 0.255 e. The lowest BCUT2D eigenvalue weighted by Crippen LogP contribution is -2.34. The Morgan fingerprint density at radius 2 is 2.27 bits per heavy atom. The Kier molecular flexibility index (Phi) is 2.66. The van der Waals surface area contributed by atoms with Crippen molar-refractivity contribution in [2.75, 3.05) is 13.6 Å². The quantitative estimate of drug-likeness (QED) is 0.612. The molecule has 2 aliphatic rings. The van der Waals surface area contributed by atoms with Crippen LogP contribution in [-0.4, -0.2) is 30.4 Å². The highest BCUT2D eigenvalue weighted by Crippen LogP contribution is 2.29. The van der Waals surface area contributed by atoms with Gasteiger partial charge in [-0.05, 0) is 24.8 Å². The van der Waals surface area contributed by atoms with E-state index < -0.39 is 6.04 Å². The van der Waals surface area contributed by atoms with Gasteiger partial charge in [0, 0.05) is 13.6 Å². The molecule has 0 radical (unpaired) electrons. The molecule has 15 heavy (non-hydrogen) atoms. The molecule has 2 rings (SSSR count). The molecule has 0 saturated carbocycles. The number of carbonyl (C=O) groups excluding carboxylic acids is 1. The molecule has 0 aromatic rings. The molecule has 0 aromatic heterocycles. The summed E-state index contributed by atoms with van der Waals surface area (Å²) < 4.78 is 0. The van der Waals surface area contributed by atoms with Gasteiger partial charge in [0.15, 0.2) is 6.04 Å². The number of nitroso groups, excluding NO2 is 1. The van der Waals surface area contributed by atoms with Crippen LogP contribution >= 0.6 is 0 Å². The first-order chi connectivity index (χ1) is 7.24. The number of likely N-dealkylation sites (N-methyl/N-ethyl adjacent to an activating group) is 1. The number of nitrogens with zero attached hydrogens (tertiary/aromatic N) is 2. The third-order valence-electron chi connectivity index (χ3n) is 3.08. The number of rotatable bonds is 1. The summed E-state index contributed by atoms with van der Waals surface area (Å²) in [5.74, 6) is -0.179. The zero-order valence-corrected chi connectivity index (χ0v) is 8.77. The lowest BCUT2D eigenvalue weighted by atomic mass is 9.92. The Morgan fingerprint density at radius 3 is 3.00 bits per heavy atom. The second-order valence-corrected chi connectivity index (χ2v) is 4.02. The van der Waals surface area contributed by atoms with Crippen molar-refractivity contribution in [2.45, 2.75) is 25.3 Å². The van der Waals surface area contributed by atoms with Crippen LogP contribution in [-0.2, 0) is 4.79 Å². The van der Waals surface area contributed by atoms with E-state index in [-0.39, 0.29) is 5.91 Å². The maximum absolute atomic E-state index is 11.8. The number of hydrogen-bond acceptors (Lipinski definition) is 3. The average molecular weight is 206 g/mol. The Bertz CT molecular complexity index is 358. The summed E-state index contributed by atoms with van der Waals surface area (Å²) in [6.07, 6.45) is 6.73. The second-order valence-electron chi connectivity index (χ2n) is 4.02. The van der Waals surface area contributed by atoms with Crippen molar-refractivity contribution < 1.29 is 4.79 Å². The minimum atomic E-state index is -0.816. The smallest absolute Gasteiger partial charge is 0.255 e. The van der Waals surface area contributed by atoms with Crippen molar-refractivity contribution in [1.29, 1.82) is 0 Å². The van der Waals surface area contributed by atoms with Gasteiger partial charge < -0.3 is 4.90 Å². The van der Waals surface area contributed by atoms with Crippen molar-refractivity contribution in [2.24, 2.45) is 5.18 Å². The van der Waals surface area contributed by atoms with E-state index in [1.54, 1.807) is 11.9 Å². The molecule has 0 spiro atoms. The molecule has 0 aromatic carbocycles. The monoisotopic (exact) mass is 206 g/mol. The van der Waals surface area contributed by atoms with Crippen LogP contribution in [0.25, 0.3) is 0 Å². The van der Waals surface area contributed by atoms with E-state index in [9.17, 15) is 9.70 Å². The lowest BCUT2D eigenvalue weighted by molar-refractivity contribution is -0.130. The average Bonchev–Trinajstić information content (AvgIpc) is 2.38. The molecule has 1 unspecified atom stereocenters. The molecule has 0 N–H and O–H groups in total. The van der Waals surface area contributed by atoms with Gasteiger partial charge in [0.2, 0.25) is 0 Å². The van der Waals surface area contributed by atoms with Crippen LogP contribution in [0.4, 0.5) is 0 Å². The highest BCUT2D eigenvalue weighted by Gasteiger charge is 2.31. The van der Waals surface area contributed by atoms with Crippen molar-refractivity contribution in [3.8, 4) is 0 Å². The Balaban J connectivity index is 2.39. The van der Waals surface area contributed by atoms with Gasteiger partial charge in [-0.2, -0.15) is 0 Å². The van der Waals surface area contributed by atoms with Gasteiger partial charge in [-0.25, -0.2) is 0 Å². The largest absolute Gasteiger partial charge is 0.343 e. The maximum atomic E-state index is 11.8. The van der Waals surface area contributed by atoms with Gasteiger partial charge in [0.25, 0.3) is 5.91 Å². The SMILES string of the molecule is CN1CCC2=C(C=CCC2)C(N=O)C1=O. The third kappa shape index (κ3) is 1.71. The molecular weight excluding hydrogens is 192 g/mol. The Labute approximate surface area is 88.6 Å². The van der Waals surface area contributed by atoms with Gasteiger partial charge in [0.1, 0.15) is 0 Å². The first-order valence-electron chi connectivity index (χ1n) is 5.20. The minimum Gasteiger partial charge on any atom is -0.343 e. The second kappa shape index (κ2) is 3.96. The topological polar surface area (TPSA) is 49.7 Å². The number of hydrogen-bond donors (Lipinski definition) is 0. The van der Waals surface area contributed by atoms with Crippen LogP contribution in [0.1, 0.15) is 19.3 Å². The van der Waals surface area contributed by atoms with Crippen molar-refractivity contribution in [3.05, 3.63) is 28.2 Å². The van der Waals surface area contributed by atoms with Gasteiger partial charge in [-0.3, -0.25) is 4.79 Å². The molecule has 0 bridgehead atoms. The van der Waals surface area contributed by atoms with Gasteiger partial charge in [0.05, 0.1) is 0 Å². The van der Waals surface area contributed by atoms with E-state index in [2.05, 4.69) is 5.18 Å². The summed E-state index contributed by atoms with van der Waals surface area (Å²) in [6.45, 7) is 0.692. The van der Waals surface area contributed by atoms with Crippen molar-refractivity contribution in [3.63, 3.8) is 0 Å². The third-order valence-corrected chi connectivity index (χ3v) is 3.08. The van der Waals surface area contributed by atoms with Crippen LogP contribution in [0.3, 0.4) is 0 Å². The molecule has 80 valence electrons. The number of amides is 1. The summed E-state index contributed by atoms with van der Waals surface area (Å²) in [5.41, 5.74) is 2.06. The summed E-state index contributed by atoms with van der Waals surface area (Å²) in [4.78, 5) is 24.1. The molecule has 0 fully saturated rings. The van der Waals surface area contributed by atoms with Gasteiger partial charge in [-0.15, -0.1) is 4.91 Å². The van der Waals surface area contributed by atoms with Crippen LogP contribution < -0.4 is 0 Å². The van der Waals surface area contributed by atoms with Gasteiger partial charge >= 0.3 is 0 Å². The fourth-order valence-corrected chi connectivity index (χ4v) is 2.14. The van der Waals surface area contributed by atoms with Gasteiger partial charge in [-0.1, -0.05) is 22.9 Å². The Morgan fingerprint density at radius 1 is 1.47 bits per heavy atom. The predicted molar refractivity (Wildman–Crippen MR) is 57.2 cm³/mol. The fourth-order valence-electron chi connectivity index (χ4n) is 2.14. The summed E-state index contributed by atoms with van der Waals surface area (Å²) in [7, 11) is 1.72. The zero-order chi connectivity index (χ0) is 10.8. The van der Waals surface area contributed by atoms with E-state index in [0.29, 0.717) is 6.54 Å². The highest BCUT2D eigenvalue weighted by atomic mass is 16.3. The van der Waals surface area contributed by atoms with Crippen molar-refractivity contribution >= 4 is 5.91 Å². The molecule has 1 atom stereocenters. The zero-order valence-electron chi connectivity index (χ0n) is 8.77. The molecule has 0 saturated heterocycles. The van der Waals surface area contributed by atoms with E-state index in [1.807, 2.05) is 12.2 Å². The fraction of sp³-hybridized carbons (Fsp3) is 0.545. The van der Waals surface area contributed by atoms with Crippen LogP contribution in [0.15, 0.2) is 28.5 Å². The van der Waals surface area contributed by atoms with E-state index in [1.165, 1.54) is 5.57 Å². The number of carbonyl (C=O) groups is 1.